The van der Waals surface area contributed by atoms with Crippen LogP contribution >= 0.6 is 47.2 Å². The summed E-state index contributed by atoms with van der Waals surface area (Å²) in [5.41, 5.74) is 2.96. The molecule has 36 heavy (non-hydrogen) atoms. The summed E-state index contributed by atoms with van der Waals surface area (Å²) >= 11 is 18.8. The van der Waals surface area contributed by atoms with Gasteiger partial charge in [-0.25, -0.2) is 0 Å². The van der Waals surface area contributed by atoms with E-state index in [1.165, 1.54) is 23.8 Å². The number of carbonyl (C=O) groups excluding carboxylic acids is 2. The summed E-state index contributed by atoms with van der Waals surface area (Å²) in [5, 5.41) is 3.57. The van der Waals surface area contributed by atoms with Crippen molar-refractivity contribution in [3.8, 4) is 11.5 Å². The highest BCUT2D eigenvalue weighted by molar-refractivity contribution is 8.27. The molecule has 1 aliphatic heterocycles. The second-order valence-electron chi connectivity index (χ2n) is 7.73. The van der Waals surface area contributed by atoms with E-state index in [0.29, 0.717) is 47.7 Å². The van der Waals surface area contributed by atoms with Crippen molar-refractivity contribution in [2.24, 2.45) is 0 Å². The largest absolute Gasteiger partial charge is 0.493 e. The van der Waals surface area contributed by atoms with E-state index >= 15 is 0 Å². The van der Waals surface area contributed by atoms with E-state index < -0.39 is 0 Å². The quantitative estimate of drug-likeness (QED) is 0.256. The van der Waals surface area contributed by atoms with Crippen LogP contribution in [0.1, 0.15) is 11.1 Å². The number of benzene rings is 3. The summed E-state index contributed by atoms with van der Waals surface area (Å²) < 4.78 is 11.5. The lowest BCUT2D eigenvalue weighted by Crippen LogP contribution is -2.27. The summed E-state index contributed by atoms with van der Waals surface area (Å²) in [6.45, 7) is 1.78. The molecule has 0 aliphatic carbocycles. The Labute approximate surface area is 228 Å². The van der Waals surface area contributed by atoms with Crippen molar-refractivity contribution in [1.29, 1.82) is 0 Å². The van der Waals surface area contributed by atoms with Crippen molar-refractivity contribution in [3.63, 3.8) is 0 Å². The van der Waals surface area contributed by atoms with E-state index in [4.69, 9.17) is 44.9 Å². The van der Waals surface area contributed by atoms with Gasteiger partial charge in [-0.15, -0.1) is 0 Å². The monoisotopic (exact) mass is 558 g/mol. The highest BCUT2D eigenvalue weighted by Crippen LogP contribution is 2.40. The van der Waals surface area contributed by atoms with Crippen molar-refractivity contribution >= 4 is 80.8 Å². The molecule has 0 atom stereocenters. The van der Waals surface area contributed by atoms with Crippen molar-refractivity contribution in [2.45, 2.75) is 6.92 Å². The first-order chi connectivity index (χ1) is 17.2. The minimum atomic E-state index is -0.297. The number of nitrogens with one attached hydrogen (secondary N) is 1. The number of amides is 2. The fourth-order valence-corrected chi connectivity index (χ4v) is 5.14. The molecule has 3 aromatic carbocycles. The lowest BCUT2D eigenvalue weighted by Gasteiger charge is -2.16. The second kappa shape index (κ2) is 11.3. The molecule has 10 heteroatoms. The molecule has 1 aliphatic rings. The Bertz CT molecular complexity index is 1380. The van der Waals surface area contributed by atoms with Crippen molar-refractivity contribution in [2.75, 3.05) is 23.9 Å². The van der Waals surface area contributed by atoms with Gasteiger partial charge in [-0.2, -0.15) is 0 Å². The lowest BCUT2D eigenvalue weighted by atomic mass is 10.2. The molecule has 3 aromatic rings. The SMILES string of the molecule is COc1cc(/C=C2\SC(=S)N(c3ccc(Cl)cc3Cl)C2=O)ccc1OCC(=O)Nc1ccc(C)cc1. The third kappa shape index (κ3) is 6.02. The number of anilines is 2. The van der Waals surface area contributed by atoms with E-state index in [2.05, 4.69) is 5.32 Å². The van der Waals surface area contributed by atoms with Crippen LogP contribution < -0.4 is 19.7 Å². The van der Waals surface area contributed by atoms with Gasteiger partial charge < -0.3 is 14.8 Å². The van der Waals surface area contributed by atoms with Crippen LogP contribution in [0.15, 0.2) is 65.6 Å². The van der Waals surface area contributed by atoms with Gasteiger partial charge in [0.15, 0.2) is 22.4 Å². The third-order valence-corrected chi connectivity index (χ3v) is 6.96. The van der Waals surface area contributed by atoms with Crippen molar-refractivity contribution in [1.82, 2.24) is 0 Å². The summed E-state index contributed by atoms with van der Waals surface area (Å²) in [5.74, 6) is 0.230. The van der Waals surface area contributed by atoms with Gasteiger partial charge in [0.2, 0.25) is 0 Å². The molecule has 0 radical (unpaired) electrons. The van der Waals surface area contributed by atoms with Gasteiger partial charge in [-0.1, -0.05) is 70.9 Å². The summed E-state index contributed by atoms with van der Waals surface area (Å²) in [6.07, 6.45) is 1.71. The molecule has 4 rings (SSSR count). The molecule has 0 saturated carbocycles. The third-order valence-electron chi connectivity index (χ3n) is 5.12. The van der Waals surface area contributed by atoms with Gasteiger partial charge in [0.1, 0.15) is 0 Å². The van der Waals surface area contributed by atoms with Crippen LogP contribution in [0.3, 0.4) is 0 Å². The molecular weight excluding hydrogens is 539 g/mol. The average molecular weight is 559 g/mol. The molecule has 0 spiro atoms. The number of thioether (sulfide) groups is 1. The highest BCUT2D eigenvalue weighted by atomic mass is 35.5. The fraction of sp³-hybridized carbons (Fsp3) is 0.115. The molecular formula is C26H20Cl2N2O4S2. The first-order valence-corrected chi connectivity index (χ1v) is 12.6. The van der Waals surface area contributed by atoms with Crippen LogP contribution in [0.25, 0.3) is 6.08 Å². The van der Waals surface area contributed by atoms with Crippen LogP contribution in [-0.2, 0) is 9.59 Å². The van der Waals surface area contributed by atoms with Gasteiger partial charge >= 0.3 is 0 Å². The number of aryl methyl sites for hydroxylation is 1. The summed E-state index contributed by atoms with van der Waals surface area (Å²) in [4.78, 5) is 27.2. The maximum atomic E-state index is 13.1. The van der Waals surface area contributed by atoms with Gasteiger partial charge in [0.25, 0.3) is 11.8 Å². The Hall–Kier alpha value is -3.04. The van der Waals surface area contributed by atoms with E-state index in [1.54, 1.807) is 42.5 Å². The highest BCUT2D eigenvalue weighted by Gasteiger charge is 2.34. The number of thiocarbonyl (C=S) groups is 1. The number of methoxy groups -OCH3 is 1. The summed E-state index contributed by atoms with van der Waals surface area (Å²) in [7, 11) is 1.50. The molecule has 1 N–H and O–H groups in total. The normalized spacial score (nSPS) is 14.3. The van der Waals surface area contributed by atoms with Crippen LogP contribution in [0.4, 0.5) is 11.4 Å². The smallest absolute Gasteiger partial charge is 0.270 e. The maximum Gasteiger partial charge on any atom is 0.270 e. The van der Waals surface area contributed by atoms with Crippen LogP contribution in [0.5, 0.6) is 11.5 Å². The number of hydrogen-bond acceptors (Lipinski definition) is 6. The minimum absolute atomic E-state index is 0.190. The molecule has 2 amide bonds. The first-order valence-electron chi connectivity index (χ1n) is 10.7. The Kier molecular flexibility index (Phi) is 8.21. The van der Waals surface area contributed by atoms with E-state index in [-0.39, 0.29) is 18.4 Å². The molecule has 1 fully saturated rings. The van der Waals surface area contributed by atoms with Crippen LogP contribution in [0, 0.1) is 6.92 Å². The van der Waals surface area contributed by atoms with Gasteiger partial charge in [-0.3, -0.25) is 14.5 Å². The number of halogens is 2. The molecule has 1 saturated heterocycles. The molecule has 184 valence electrons. The Morgan fingerprint density at radius 1 is 1.08 bits per heavy atom. The zero-order valence-electron chi connectivity index (χ0n) is 19.2. The zero-order valence-corrected chi connectivity index (χ0v) is 22.4. The fourth-order valence-electron chi connectivity index (χ4n) is 3.36. The van der Waals surface area contributed by atoms with E-state index in [1.807, 2.05) is 31.2 Å². The number of ether oxygens (including phenoxy) is 2. The molecule has 0 aromatic heterocycles. The molecule has 0 bridgehead atoms. The topological polar surface area (TPSA) is 67.9 Å². The lowest BCUT2D eigenvalue weighted by molar-refractivity contribution is -0.118. The number of carbonyl (C=O) groups is 2. The van der Waals surface area contributed by atoms with E-state index in [9.17, 15) is 9.59 Å². The number of hydrogen-bond donors (Lipinski definition) is 1. The number of rotatable bonds is 7. The minimum Gasteiger partial charge on any atom is -0.493 e. The Morgan fingerprint density at radius 2 is 1.83 bits per heavy atom. The second-order valence-corrected chi connectivity index (χ2v) is 10.2. The van der Waals surface area contributed by atoms with Crippen LogP contribution in [0.2, 0.25) is 10.0 Å². The van der Waals surface area contributed by atoms with Gasteiger partial charge in [0.05, 0.1) is 22.7 Å². The summed E-state index contributed by atoms with van der Waals surface area (Å²) in [6, 6.07) is 17.5. The maximum absolute atomic E-state index is 13.1. The van der Waals surface area contributed by atoms with Crippen LogP contribution in [-0.4, -0.2) is 29.9 Å². The average Bonchev–Trinajstić information content (AvgIpc) is 3.12. The van der Waals surface area contributed by atoms with Gasteiger partial charge in [0, 0.05) is 10.7 Å². The van der Waals surface area contributed by atoms with Crippen molar-refractivity contribution < 1.29 is 19.1 Å². The van der Waals surface area contributed by atoms with Crippen molar-refractivity contribution in [3.05, 3.63) is 86.7 Å². The molecule has 0 unspecified atom stereocenters. The predicted molar refractivity (Wildman–Crippen MR) is 150 cm³/mol. The number of nitrogens with zero attached hydrogens (tertiary/aromatic N) is 1. The Morgan fingerprint density at radius 3 is 2.53 bits per heavy atom. The predicted octanol–water partition coefficient (Wildman–Crippen LogP) is 6.73. The standard InChI is InChI=1S/C26H20Cl2N2O4S2/c1-15-3-7-18(8-4-15)29-24(31)14-34-21-10-5-16(11-22(21)33-2)12-23-25(32)30(26(35)36-23)20-9-6-17(27)13-19(20)28/h3-13H,14H2,1-2H3,(H,29,31)/b23-12-. The molecule has 1 heterocycles. The van der Waals surface area contributed by atoms with Gasteiger partial charge in [-0.05, 0) is 61.0 Å². The zero-order chi connectivity index (χ0) is 25.8. The van der Waals surface area contributed by atoms with E-state index in [0.717, 1.165) is 5.56 Å². The Balaban J connectivity index is 1.46. The molecule has 6 nitrogen and oxygen atoms in total. The first kappa shape index (κ1) is 26.0.